The number of nitrogens with zero attached hydrogens (tertiary/aromatic N) is 3. The molecule has 2 N–H and O–H groups in total. The molecule has 0 fully saturated rings. The summed E-state index contributed by atoms with van der Waals surface area (Å²) in [5.41, 5.74) is 10.7. The number of aryl methyl sites for hydroxylation is 1. The molecule has 0 saturated carbocycles. The van der Waals surface area contributed by atoms with E-state index < -0.39 is 5.92 Å². The van der Waals surface area contributed by atoms with Crippen LogP contribution in [0.1, 0.15) is 22.7 Å². The minimum Gasteiger partial charge on any atom is -0.392 e. The molecule has 0 amide bonds. The smallest absolute Gasteiger partial charge is 0.338 e. The molecule has 1 aromatic heterocycles. The highest BCUT2D eigenvalue weighted by molar-refractivity contribution is 8.03. The van der Waals surface area contributed by atoms with Crippen LogP contribution in [0, 0.1) is 18.3 Å². The van der Waals surface area contributed by atoms with Crippen LogP contribution in [0.3, 0.4) is 0 Å². The third kappa shape index (κ3) is 3.56. The van der Waals surface area contributed by atoms with Gasteiger partial charge in [0.15, 0.2) is 0 Å². The SMILES string of the molecule is Cc1cccc(-n2c3c(n(-c4ccccc4)c2=O)C(c2ccc(Cl)cc2)C(C#N)=C(N)S3)c1. The van der Waals surface area contributed by atoms with Crippen molar-refractivity contribution < 1.29 is 0 Å². The van der Waals surface area contributed by atoms with Gasteiger partial charge >= 0.3 is 5.69 Å². The van der Waals surface area contributed by atoms with Gasteiger partial charge in [-0.3, -0.25) is 9.13 Å². The normalized spacial score (nSPS) is 15.2. The number of rotatable bonds is 3. The first-order chi connectivity index (χ1) is 16.0. The fraction of sp³-hybridized carbons (Fsp3) is 0.0769. The van der Waals surface area contributed by atoms with Gasteiger partial charge in [-0.25, -0.2) is 4.79 Å². The molecule has 0 saturated heterocycles. The third-order valence-corrected chi connectivity index (χ3v) is 6.95. The van der Waals surface area contributed by atoms with E-state index in [1.165, 1.54) is 11.8 Å². The van der Waals surface area contributed by atoms with Crippen molar-refractivity contribution in [3.05, 3.63) is 122 Å². The predicted molar refractivity (Wildman–Crippen MR) is 132 cm³/mol. The van der Waals surface area contributed by atoms with Crippen LogP contribution in [-0.2, 0) is 0 Å². The molecule has 1 aliphatic rings. The summed E-state index contributed by atoms with van der Waals surface area (Å²) in [5.74, 6) is -0.512. The summed E-state index contributed by atoms with van der Waals surface area (Å²) in [7, 11) is 0. The van der Waals surface area contributed by atoms with E-state index in [0.717, 1.165) is 22.5 Å². The summed E-state index contributed by atoms with van der Waals surface area (Å²) in [5, 5.41) is 11.7. The number of halogens is 1. The highest BCUT2D eigenvalue weighted by atomic mass is 35.5. The van der Waals surface area contributed by atoms with Crippen LogP contribution in [0.5, 0.6) is 0 Å². The molecule has 4 aromatic rings. The van der Waals surface area contributed by atoms with Gasteiger partial charge in [0.1, 0.15) is 5.03 Å². The van der Waals surface area contributed by atoms with Gasteiger partial charge in [0.05, 0.1) is 39.7 Å². The highest BCUT2D eigenvalue weighted by Crippen LogP contribution is 2.47. The quantitative estimate of drug-likeness (QED) is 0.427. The fourth-order valence-electron chi connectivity index (χ4n) is 4.21. The number of thioether (sulfide) groups is 1. The maximum Gasteiger partial charge on any atom is 0.338 e. The molecule has 0 spiro atoms. The molecule has 0 aliphatic carbocycles. The second-order valence-electron chi connectivity index (χ2n) is 7.79. The van der Waals surface area contributed by atoms with Crippen molar-refractivity contribution >= 4 is 23.4 Å². The van der Waals surface area contributed by atoms with E-state index in [4.69, 9.17) is 17.3 Å². The van der Waals surface area contributed by atoms with Crippen LogP contribution >= 0.6 is 23.4 Å². The van der Waals surface area contributed by atoms with E-state index in [2.05, 4.69) is 6.07 Å². The zero-order valence-corrected chi connectivity index (χ0v) is 19.3. The molecule has 1 aliphatic heterocycles. The van der Waals surface area contributed by atoms with E-state index in [1.807, 2.05) is 73.7 Å². The molecule has 2 heterocycles. The van der Waals surface area contributed by atoms with Gasteiger partial charge in [-0.2, -0.15) is 5.26 Å². The summed E-state index contributed by atoms with van der Waals surface area (Å²) in [6.07, 6.45) is 0. The molecule has 33 heavy (non-hydrogen) atoms. The molecular weight excluding hydrogens is 452 g/mol. The molecular formula is C26H19ClN4OS. The van der Waals surface area contributed by atoms with E-state index in [1.54, 1.807) is 21.3 Å². The van der Waals surface area contributed by atoms with Crippen molar-refractivity contribution in [3.8, 4) is 17.4 Å². The van der Waals surface area contributed by atoms with Crippen molar-refractivity contribution in [2.75, 3.05) is 0 Å². The Morgan fingerprint density at radius 2 is 1.67 bits per heavy atom. The van der Waals surface area contributed by atoms with Crippen LogP contribution in [0.4, 0.5) is 0 Å². The molecule has 5 rings (SSSR count). The lowest BCUT2D eigenvalue weighted by Gasteiger charge is -2.25. The maximum absolute atomic E-state index is 14.0. The predicted octanol–water partition coefficient (Wildman–Crippen LogP) is 5.52. The Hall–Kier alpha value is -3.66. The van der Waals surface area contributed by atoms with Crippen molar-refractivity contribution in [2.24, 2.45) is 5.73 Å². The van der Waals surface area contributed by atoms with Crippen LogP contribution < -0.4 is 11.4 Å². The number of nitrogens with two attached hydrogens (primary N) is 1. The summed E-state index contributed by atoms with van der Waals surface area (Å²) in [6, 6.07) is 26.9. The Kier molecular flexibility index (Phi) is 5.37. The Balaban J connectivity index is 1.89. The molecule has 3 aromatic carbocycles. The first-order valence-electron chi connectivity index (χ1n) is 10.3. The summed E-state index contributed by atoms with van der Waals surface area (Å²) in [6.45, 7) is 1.99. The average Bonchev–Trinajstić information content (AvgIpc) is 3.10. The second-order valence-corrected chi connectivity index (χ2v) is 9.26. The topological polar surface area (TPSA) is 76.7 Å². The maximum atomic E-state index is 14.0. The van der Waals surface area contributed by atoms with Gasteiger partial charge in [-0.15, -0.1) is 0 Å². The lowest BCUT2D eigenvalue weighted by Crippen LogP contribution is -2.24. The lowest BCUT2D eigenvalue weighted by molar-refractivity contribution is 0.820. The monoisotopic (exact) mass is 470 g/mol. The Morgan fingerprint density at radius 1 is 0.970 bits per heavy atom. The van der Waals surface area contributed by atoms with Crippen molar-refractivity contribution in [2.45, 2.75) is 17.9 Å². The van der Waals surface area contributed by atoms with Crippen molar-refractivity contribution in [3.63, 3.8) is 0 Å². The summed E-state index contributed by atoms with van der Waals surface area (Å²) < 4.78 is 3.37. The molecule has 0 radical (unpaired) electrons. The Morgan fingerprint density at radius 3 is 2.33 bits per heavy atom. The number of fused-ring (bicyclic) bond motifs is 1. The number of hydrogen-bond donors (Lipinski definition) is 1. The molecule has 162 valence electrons. The van der Waals surface area contributed by atoms with Gasteiger partial charge in [-0.05, 0) is 54.4 Å². The minimum atomic E-state index is -0.512. The number of para-hydroxylation sites is 1. The molecule has 7 heteroatoms. The number of imidazole rings is 1. The number of allylic oxidation sites excluding steroid dienone is 1. The van der Waals surface area contributed by atoms with Crippen LogP contribution in [0.15, 0.2) is 99.3 Å². The van der Waals surface area contributed by atoms with Gasteiger partial charge < -0.3 is 5.73 Å². The molecule has 1 unspecified atom stereocenters. The van der Waals surface area contributed by atoms with E-state index in [9.17, 15) is 10.1 Å². The molecule has 1 atom stereocenters. The largest absolute Gasteiger partial charge is 0.392 e. The second kappa shape index (κ2) is 8.36. The lowest BCUT2D eigenvalue weighted by atomic mass is 9.89. The van der Waals surface area contributed by atoms with Crippen LogP contribution in [0.2, 0.25) is 5.02 Å². The molecule has 0 bridgehead atoms. The number of benzene rings is 3. The van der Waals surface area contributed by atoms with Crippen molar-refractivity contribution in [1.29, 1.82) is 5.26 Å². The van der Waals surface area contributed by atoms with E-state index >= 15 is 0 Å². The van der Waals surface area contributed by atoms with Crippen molar-refractivity contribution in [1.82, 2.24) is 9.13 Å². The first kappa shape index (κ1) is 21.2. The Labute approximate surface area is 200 Å². The summed E-state index contributed by atoms with van der Waals surface area (Å²) >= 11 is 7.39. The Bertz CT molecular complexity index is 1490. The fourth-order valence-corrected chi connectivity index (χ4v) is 5.41. The number of nitriles is 1. The van der Waals surface area contributed by atoms with Gasteiger partial charge in [-0.1, -0.05) is 65.8 Å². The first-order valence-corrected chi connectivity index (χ1v) is 11.5. The average molecular weight is 471 g/mol. The summed E-state index contributed by atoms with van der Waals surface area (Å²) in [4.78, 5) is 14.0. The third-order valence-electron chi connectivity index (χ3n) is 5.68. The number of hydrogen-bond acceptors (Lipinski definition) is 4. The van der Waals surface area contributed by atoms with Gasteiger partial charge in [0, 0.05) is 5.02 Å². The zero-order valence-electron chi connectivity index (χ0n) is 17.7. The highest BCUT2D eigenvalue weighted by Gasteiger charge is 2.37. The van der Waals surface area contributed by atoms with Crippen LogP contribution in [0.25, 0.3) is 11.4 Å². The molecule has 5 nitrogen and oxygen atoms in total. The van der Waals surface area contributed by atoms with E-state index in [0.29, 0.717) is 26.3 Å². The standard InChI is InChI=1S/C26H19ClN4OS/c1-16-6-5-9-20(14-16)31-25-23(30(26(31)32)19-7-3-2-4-8-19)22(21(15-28)24(29)33-25)17-10-12-18(27)13-11-17/h2-14,22H,29H2,1H3. The zero-order chi connectivity index (χ0) is 23.1. The van der Waals surface area contributed by atoms with E-state index in [-0.39, 0.29) is 5.69 Å². The van der Waals surface area contributed by atoms with Gasteiger partial charge in [0.2, 0.25) is 0 Å². The van der Waals surface area contributed by atoms with Crippen LogP contribution in [-0.4, -0.2) is 9.13 Å². The number of aromatic nitrogens is 2. The minimum absolute atomic E-state index is 0.213. The van der Waals surface area contributed by atoms with Gasteiger partial charge in [0.25, 0.3) is 0 Å².